The van der Waals surface area contributed by atoms with E-state index in [0.717, 1.165) is 29.8 Å². The fourth-order valence-electron chi connectivity index (χ4n) is 3.97. The Bertz CT molecular complexity index is 1090. The van der Waals surface area contributed by atoms with Gasteiger partial charge in [0.25, 0.3) is 0 Å². The third-order valence-corrected chi connectivity index (χ3v) is 5.65. The third-order valence-electron chi connectivity index (χ3n) is 5.65. The van der Waals surface area contributed by atoms with Crippen molar-refractivity contribution in [1.82, 2.24) is 4.98 Å². The number of fused-ring (bicyclic) bond motifs is 1. The molecule has 0 amide bonds. The lowest BCUT2D eigenvalue weighted by molar-refractivity contribution is -0.137. The van der Waals surface area contributed by atoms with E-state index in [4.69, 9.17) is 14.3 Å². The van der Waals surface area contributed by atoms with Crippen LogP contribution in [0.4, 0.5) is 4.39 Å². The molecule has 0 saturated carbocycles. The number of halogens is 1. The molecule has 156 valence electrons. The van der Waals surface area contributed by atoms with Gasteiger partial charge in [-0.15, -0.1) is 0 Å². The summed E-state index contributed by atoms with van der Waals surface area (Å²) >= 11 is 0. The van der Waals surface area contributed by atoms with Crippen LogP contribution in [0, 0.1) is 19.7 Å². The number of benzene rings is 2. The molecule has 3 aromatic rings. The van der Waals surface area contributed by atoms with Gasteiger partial charge in [-0.1, -0.05) is 12.1 Å². The van der Waals surface area contributed by atoms with E-state index in [-0.39, 0.29) is 18.2 Å². The molecule has 0 spiro atoms. The third kappa shape index (κ3) is 4.22. The number of aryl methyl sites for hydroxylation is 3. The van der Waals surface area contributed by atoms with Gasteiger partial charge in [-0.05, 0) is 73.6 Å². The second kappa shape index (κ2) is 8.30. The molecule has 6 heteroatoms. The van der Waals surface area contributed by atoms with E-state index >= 15 is 0 Å². The van der Waals surface area contributed by atoms with Gasteiger partial charge in [0.05, 0.1) is 18.7 Å². The van der Waals surface area contributed by atoms with E-state index in [1.165, 1.54) is 11.6 Å². The van der Waals surface area contributed by atoms with Crippen LogP contribution in [0.2, 0.25) is 0 Å². The number of carboxylic acids is 1. The van der Waals surface area contributed by atoms with E-state index in [1.807, 2.05) is 25.1 Å². The number of nitrogens with zero attached hydrogens (tertiary/aromatic N) is 1. The van der Waals surface area contributed by atoms with Crippen molar-refractivity contribution in [2.24, 2.45) is 0 Å². The summed E-state index contributed by atoms with van der Waals surface area (Å²) in [5.41, 5.74) is 4.24. The lowest BCUT2D eigenvalue weighted by Crippen LogP contribution is -2.04. The number of carboxylic acid groups (broad SMARTS) is 1. The second-order valence-electron chi connectivity index (χ2n) is 7.78. The molecule has 1 atom stereocenters. The smallest absolute Gasteiger partial charge is 0.303 e. The number of oxazole rings is 1. The Hall–Kier alpha value is -3.15. The molecular formula is C24H24FNO4. The highest BCUT2D eigenvalue weighted by molar-refractivity contribution is 5.68. The fraction of sp³-hybridized carbons (Fsp3) is 0.333. The Labute approximate surface area is 174 Å². The van der Waals surface area contributed by atoms with Crippen LogP contribution in [0.1, 0.15) is 46.9 Å². The van der Waals surface area contributed by atoms with Crippen LogP contribution in [-0.4, -0.2) is 22.7 Å². The summed E-state index contributed by atoms with van der Waals surface area (Å²) in [7, 11) is 0. The van der Waals surface area contributed by atoms with Crippen LogP contribution in [0.25, 0.3) is 11.5 Å². The normalized spacial score (nSPS) is 15.2. The molecule has 2 aromatic carbocycles. The fourth-order valence-corrected chi connectivity index (χ4v) is 3.97. The lowest BCUT2D eigenvalue weighted by atomic mass is 9.98. The number of aliphatic carboxylic acids is 1. The summed E-state index contributed by atoms with van der Waals surface area (Å²) in [6.07, 6.45) is 2.46. The van der Waals surface area contributed by atoms with Gasteiger partial charge in [0, 0.05) is 12.0 Å². The number of hydrogen-bond donors (Lipinski definition) is 1. The molecule has 4 rings (SSSR count). The molecule has 0 aliphatic heterocycles. The molecule has 1 unspecified atom stereocenters. The maximum Gasteiger partial charge on any atom is 0.303 e. The molecule has 5 nitrogen and oxygen atoms in total. The first-order valence-electron chi connectivity index (χ1n) is 10.1. The molecule has 0 fully saturated rings. The summed E-state index contributed by atoms with van der Waals surface area (Å²) in [5, 5.41) is 9.04. The topological polar surface area (TPSA) is 72.6 Å². The zero-order chi connectivity index (χ0) is 21.3. The maximum absolute atomic E-state index is 13.8. The van der Waals surface area contributed by atoms with Crippen molar-refractivity contribution in [1.29, 1.82) is 0 Å². The highest BCUT2D eigenvalue weighted by atomic mass is 19.1. The molecule has 1 heterocycles. The first kappa shape index (κ1) is 20.1. The van der Waals surface area contributed by atoms with Gasteiger partial charge in [-0.2, -0.15) is 0 Å². The van der Waals surface area contributed by atoms with Gasteiger partial charge in [0.15, 0.2) is 0 Å². The van der Waals surface area contributed by atoms with Gasteiger partial charge in [0.2, 0.25) is 5.89 Å². The molecule has 1 aliphatic carbocycles. The molecule has 0 bridgehead atoms. The molecule has 1 N–H and O–H groups in total. The molecule has 30 heavy (non-hydrogen) atoms. The van der Waals surface area contributed by atoms with Crippen molar-refractivity contribution in [3.05, 3.63) is 70.4 Å². The van der Waals surface area contributed by atoms with E-state index in [2.05, 4.69) is 4.98 Å². The summed E-state index contributed by atoms with van der Waals surface area (Å²) in [5.74, 6) is 0.937. The molecule has 1 aromatic heterocycles. The van der Waals surface area contributed by atoms with Crippen LogP contribution >= 0.6 is 0 Å². The maximum atomic E-state index is 13.8. The van der Waals surface area contributed by atoms with Crippen LogP contribution < -0.4 is 4.74 Å². The summed E-state index contributed by atoms with van der Waals surface area (Å²) in [6.45, 7) is 4.01. The first-order chi connectivity index (χ1) is 14.4. The Morgan fingerprint density at radius 1 is 1.27 bits per heavy atom. The largest absolute Gasteiger partial charge is 0.493 e. The predicted molar refractivity (Wildman–Crippen MR) is 110 cm³/mol. The van der Waals surface area contributed by atoms with Crippen LogP contribution in [0.5, 0.6) is 5.75 Å². The highest BCUT2D eigenvalue weighted by Gasteiger charge is 2.25. The van der Waals surface area contributed by atoms with Crippen molar-refractivity contribution < 1.29 is 23.4 Å². The Kier molecular flexibility index (Phi) is 5.57. The van der Waals surface area contributed by atoms with Crippen molar-refractivity contribution in [2.45, 2.75) is 45.4 Å². The number of aromatic nitrogens is 1. The van der Waals surface area contributed by atoms with Gasteiger partial charge in [-0.3, -0.25) is 4.79 Å². The van der Waals surface area contributed by atoms with Crippen LogP contribution in [0.3, 0.4) is 0 Å². The van der Waals surface area contributed by atoms with Crippen LogP contribution in [0.15, 0.2) is 40.8 Å². The average molecular weight is 409 g/mol. The van der Waals surface area contributed by atoms with Crippen molar-refractivity contribution in [2.75, 3.05) is 6.61 Å². The number of carbonyl (C=O) groups is 1. The zero-order valence-corrected chi connectivity index (χ0v) is 17.1. The number of ether oxygens (including phenoxy) is 1. The van der Waals surface area contributed by atoms with Crippen LogP contribution in [-0.2, 0) is 17.6 Å². The van der Waals surface area contributed by atoms with E-state index in [9.17, 15) is 9.18 Å². The number of hydrogen-bond acceptors (Lipinski definition) is 4. The van der Waals surface area contributed by atoms with Crippen molar-refractivity contribution in [3.8, 4) is 17.2 Å². The van der Waals surface area contributed by atoms with E-state index < -0.39 is 5.97 Å². The summed E-state index contributed by atoms with van der Waals surface area (Å²) in [4.78, 5) is 15.4. The Morgan fingerprint density at radius 2 is 2.10 bits per heavy atom. The van der Waals surface area contributed by atoms with Gasteiger partial charge in [-0.25, -0.2) is 9.37 Å². The molecule has 0 radical (unpaired) electrons. The Morgan fingerprint density at radius 3 is 2.87 bits per heavy atom. The minimum atomic E-state index is -0.761. The minimum absolute atomic E-state index is 0.0911. The lowest BCUT2D eigenvalue weighted by Gasteiger charge is -2.10. The van der Waals surface area contributed by atoms with E-state index in [1.54, 1.807) is 19.1 Å². The van der Waals surface area contributed by atoms with Gasteiger partial charge >= 0.3 is 5.97 Å². The predicted octanol–water partition coefficient (Wildman–Crippen LogP) is 5.22. The molecule has 0 saturated heterocycles. The quantitative estimate of drug-likeness (QED) is 0.579. The summed E-state index contributed by atoms with van der Waals surface area (Å²) < 4.78 is 25.6. The SMILES string of the molecule is Cc1ccc(-c2nc(C)c(CCOc3ccc4c(c3)CCC4CC(=O)O)o2)cc1F. The molecular weight excluding hydrogens is 385 g/mol. The first-order valence-corrected chi connectivity index (χ1v) is 10.1. The zero-order valence-electron chi connectivity index (χ0n) is 17.1. The van der Waals surface area contributed by atoms with Gasteiger partial charge < -0.3 is 14.3 Å². The minimum Gasteiger partial charge on any atom is -0.493 e. The molecule has 1 aliphatic rings. The highest BCUT2D eigenvalue weighted by Crippen LogP contribution is 2.37. The second-order valence-corrected chi connectivity index (χ2v) is 7.78. The Balaban J connectivity index is 1.39. The summed E-state index contributed by atoms with van der Waals surface area (Å²) in [6, 6.07) is 10.8. The van der Waals surface area contributed by atoms with Crippen molar-refractivity contribution >= 4 is 5.97 Å². The van der Waals surface area contributed by atoms with Crippen molar-refractivity contribution in [3.63, 3.8) is 0 Å². The van der Waals surface area contributed by atoms with Gasteiger partial charge in [0.1, 0.15) is 17.3 Å². The monoisotopic (exact) mass is 409 g/mol. The standard InChI is InChI=1S/C24H24FNO4/c1-14-3-4-18(12-21(14)25)24-26-15(2)22(30-24)9-10-29-19-7-8-20-16(11-19)5-6-17(20)13-23(27)28/h3-4,7-8,11-12,17H,5-6,9-10,13H2,1-2H3,(H,27,28). The van der Waals surface area contributed by atoms with E-state index in [0.29, 0.717) is 35.8 Å². The average Bonchev–Trinajstić information content (AvgIpc) is 3.27. The number of rotatable bonds is 7.